The first-order chi connectivity index (χ1) is 19.5. The molecule has 2 amide bonds. The van der Waals surface area contributed by atoms with E-state index < -0.39 is 6.04 Å². The predicted molar refractivity (Wildman–Crippen MR) is 164 cm³/mol. The molecule has 0 aliphatic heterocycles. The van der Waals surface area contributed by atoms with E-state index in [0.717, 1.165) is 47.6 Å². The van der Waals surface area contributed by atoms with E-state index in [2.05, 4.69) is 29.6 Å². The maximum atomic E-state index is 14.1. The standard InChI is InChI=1S/C34H34Cl2N2O2/c35-30-18-9-19-31(36)29(30)23-38(33(39)21-20-26-14-8-13-25-12-4-7-17-28(25)26)32(22-24-10-2-1-3-11-24)34(40)37-27-15-5-6-16-27/h1-4,7-14,17-19,27,32H,5-6,15-16,20-23H2,(H,37,40). The number of hydrogen-bond donors (Lipinski definition) is 1. The van der Waals surface area contributed by atoms with Crippen LogP contribution in [0.15, 0.2) is 91.0 Å². The van der Waals surface area contributed by atoms with Gasteiger partial charge in [-0.1, -0.05) is 115 Å². The van der Waals surface area contributed by atoms with Gasteiger partial charge < -0.3 is 10.2 Å². The Morgan fingerprint density at radius 1 is 0.825 bits per heavy atom. The summed E-state index contributed by atoms with van der Waals surface area (Å²) in [7, 11) is 0. The Morgan fingerprint density at radius 2 is 1.48 bits per heavy atom. The summed E-state index contributed by atoms with van der Waals surface area (Å²) in [5.74, 6) is -0.233. The van der Waals surface area contributed by atoms with E-state index in [9.17, 15) is 9.59 Å². The first kappa shape index (κ1) is 28.2. The van der Waals surface area contributed by atoms with Gasteiger partial charge in [0.2, 0.25) is 11.8 Å². The second kappa shape index (κ2) is 13.3. The van der Waals surface area contributed by atoms with E-state index >= 15 is 0 Å². The van der Waals surface area contributed by atoms with Crippen molar-refractivity contribution in [2.45, 2.75) is 63.6 Å². The normalized spacial score (nSPS) is 14.2. The molecule has 40 heavy (non-hydrogen) atoms. The van der Waals surface area contributed by atoms with Crippen LogP contribution < -0.4 is 5.32 Å². The van der Waals surface area contributed by atoms with Gasteiger partial charge >= 0.3 is 0 Å². The topological polar surface area (TPSA) is 49.4 Å². The van der Waals surface area contributed by atoms with Gasteiger partial charge in [-0.3, -0.25) is 9.59 Å². The Hall–Kier alpha value is -3.34. The summed E-state index contributed by atoms with van der Waals surface area (Å²) >= 11 is 13.2. The summed E-state index contributed by atoms with van der Waals surface area (Å²) in [5, 5.41) is 6.49. The zero-order valence-electron chi connectivity index (χ0n) is 22.5. The summed E-state index contributed by atoms with van der Waals surface area (Å²) in [6.07, 6.45) is 5.38. The lowest BCUT2D eigenvalue weighted by molar-refractivity contribution is -0.141. The molecule has 0 aromatic heterocycles. The van der Waals surface area contributed by atoms with Gasteiger partial charge in [-0.25, -0.2) is 0 Å². The lowest BCUT2D eigenvalue weighted by Crippen LogP contribution is -2.52. The molecule has 0 radical (unpaired) electrons. The number of rotatable bonds is 10. The number of carbonyl (C=O) groups is 2. The van der Waals surface area contributed by atoms with Gasteiger partial charge in [0.1, 0.15) is 6.04 Å². The quantitative estimate of drug-likeness (QED) is 0.211. The molecule has 0 heterocycles. The summed E-state index contributed by atoms with van der Waals surface area (Å²) < 4.78 is 0. The fraction of sp³-hybridized carbons (Fsp3) is 0.294. The van der Waals surface area contributed by atoms with Crippen LogP contribution in [0.4, 0.5) is 0 Å². The third-order valence-corrected chi connectivity index (χ3v) is 8.56. The summed E-state index contributed by atoms with van der Waals surface area (Å²) in [4.78, 5) is 29.7. The maximum Gasteiger partial charge on any atom is 0.243 e. The highest BCUT2D eigenvalue weighted by molar-refractivity contribution is 6.36. The SMILES string of the molecule is O=C(NC1CCCC1)C(Cc1ccccc1)N(Cc1c(Cl)cccc1Cl)C(=O)CCc1cccc2ccccc12. The number of benzene rings is 4. The van der Waals surface area contributed by atoms with E-state index in [0.29, 0.717) is 28.5 Å². The number of amides is 2. The molecule has 206 valence electrons. The summed E-state index contributed by atoms with van der Waals surface area (Å²) in [6.45, 7) is 0.155. The Balaban J connectivity index is 1.47. The molecule has 0 spiro atoms. The predicted octanol–water partition coefficient (Wildman–Crippen LogP) is 7.78. The van der Waals surface area contributed by atoms with Crippen molar-refractivity contribution in [1.29, 1.82) is 0 Å². The fourth-order valence-electron chi connectivity index (χ4n) is 5.67. The van der Waals surface area contributed by atoms with Crippen LogP contribution in [0.3, 0.4) is 0 Å². The first-order valence-corrected chi connectivity index (χ1v) is 14.8. The van der Waals surface area contributed by atoms with Gasteiger partial charge in [-0.15, -0.1) is 0 Å². The smallest absolute Gasteiger partial charge is 0.243 e. The Kier molecular flexibility index (Phi) is 9.41. The molecule has 1 N–H and O–H groups in total. The minimum Gasteiger partial charge on any atom is -0.352 e. The molecule has 5 rings (SSSR count). The van der Waals surface area contributed by atoms with E-state index in [1.807, 2.05) is 48.5 Å². The van der Waals surface area contributed by atoms with Crippen molar-refractivity contribution in [3.8, 4) is 0 Å². The van der Waals surface area contributed by atoms with E-state index in [1.54, 1.807) is 23.1 Å². The summed E-state index contributed by atoms with van der Waals surface area (Å²) in [5.41, 5.74) is 2.75. The van der Waals surface area contributed by atoms with Crippen LogP contribution in [0.25, 0.3) is 10.8 Å². The van der Waals surface area contributed by atoms with Gasteiger partial charge in [-0.05, 0) is 53.3 Å². The van der Waals surface area contributed by atoms with Crippen molar-refractivity contribution in [1.82, 2.24) is 10.2 Å². The van der Waals surface area contributed by atoms with Crippen LogP contribution in [0.5, 0.6) is 0 Å². The second-order valence-electron chi connectivity index (χ2n) is 10.6. The largest absolute Gasteiger partial charge is 0.352 e. The Labute approximate surface area is 246 Å². The van der Waals surface area contributed by atoms with Crippen LogP contribution in [-0.2, 0) is 29.0 Å². The van der Waals surface area contributed by atoms with Crippen LogP contribution in [0, 0.1) is 0 Å². The molecule has 0 bridgehead atoms. The molecule has 1 aliphatic carbocycles. The molecule has 4 aromatic rings. The minimum absolute atomic E-state index is 0.105. The average Bonchev–Trinajstić information content (AvgIpc) is 3.48. The van der Waals surface area contributed by atoms with Crippen molar-refractivity contribution in [3.63, 3.8) is 0 Å². The monoisotopic (exact) mass is 572 g/mol. The molecule has 1 aliphatic rings. The Morgan fingerprint density at radius 3 is 2.23 bits per heavy atom. The van der Waals surface area contributed by atoms with E-state index in [4.69, 9.17) is 23.2 Å². The van der Waals surface area contributed by atoms with Gasteiger partial charge in [-0.2, -0.15) is 0 Å². The highest BCUT2D eigenvalue weighted by Crippen LogP contribution is 2.28. The van der Waals surface area contributed by atoms with Gasteiger partial charge in [0.05, 0.1) is 0 Å². The van der Waals surface area contributed by atoms with Gasteiger partial charge in [0, 0.05) is 41.0 Å². The van der Waals surface area contributed by atoms with Crippen molar-refractivity contribution in [3.05, 3.63) is 118 Å². The average molecular weight is 574 g/mol. The zero-order valence-corrected chi connectivity index (χ0v) is 24.0. The summed E-state index contributed by atoms with van der Waals surface area (Å²) in [6, 6.07) is 29.0. The third-order valence-electron chi connectivity index (χ3n) is 7.85. The fourth-order valence-corrected chi connectivity index (χ4v) is 6.19. The molecule has 1 saturated carbocycles. The van der Waals surface area contributed by atoms with E-state index in [-0.39, 0.29) is 30.8 Å². The van der Waals surface area contributed by atoms with Crippen LogP contribution >= 0.6 is 23.2 Å². The van der Waals surface area contributed by atoms with Crippen molar-refractivity contribution in [2.75, 3.05) is 0 Å². The van der Waals surface area contributed by atoms with Crippen LogP contribution in [-0.4, -0.2) is 28.8 Å². The second-order valence-corrected chi connectivity index (χ2v) is 11.4. The molecular weight excluding hydrogens is 539 g/mol. The molecule has 4 nitrogen and oxygen atoms in total. The van der Waals surface area contributed by atoms with Gasteiger partial charge in [0.15, 0.2) is 0 Å². The lowest BCUT2D eigenvalue weighted by Gasteiger charge is -2.33. The number of nitrogens with one attached hydrogen (secondary N) is 1. The highest BCUT2D eigenvalue weighted by atomic mass is 35.5. The van der Waals surface area contributed by atoms with Crippen LogP contribution in [0.1, 0.15) is 48.8 Å². The number of nitrogens with zero attached hydrogens (tertiary/aromatic N) is 1. The lowest BCUT2D eigenvalue weighted by atomic mass is 9.99. The maximum absolute atomic E-state index is 14.1. The molecule has 6 heteroatoms. The van der Waals surface area contributed by atoms with Crippen molar-refractivity contribution in [2.24, 2.45) is 0 Å². The third kappa shape index (κ3) is 6.86. The van der Waals surface area contributed by atoms with Crippen molar-refractivity contribution < 1.29 is 9.59 Å². The number of aryl methyl sites for hydroxylation is 1. The first-order valence-electron chi connectivity index (χ1n) is 14.0. The highest BCUT2D eigenvalue weighted by Gasteiger charge is 2.32. The molecule has 1 atom stereocenters. The molecule has 4 aromatic carbocycles. The number of carbonyl (C=O) groups excluding carboxylic acids is 2. The Bertz CT molecular complexity index is 1440. The van der Waals surface area contributed by atoms with Crippen molar-refractivity contribution >= 4 is 45.8 Å². The molecule has 1 fully saturated rings. The molecule has 1 unspecified atom stereocenters. The number of hydrogen-bond acceptors (Lipinski definition) is 2. The number of halogens is 2. The van der Waals surface area contributed by atoms with E-state index in [1.165, 1.54) is 0 Å². The zero-order chi connectivity index (χ0) is 27.9. The number of fused-ring (bicyclic) bond motifs is 1. The molecule has 0 saturated heterocycles. The molecular formula is C34H34Cl2N2O2. The van der Waals surface area contributed by atoms with Crippen LogP contribution in [0.2, 0.25) is 10.0 Å². The van der Waals surface area contributed by atoms with Gasteiger partial charge in [0.25, 0.3) is 0 Å². The minimum atomic E-state index is -0.699.